The molecule has 1 aliphatic heterocycles. The summed E-state index contributed by atoms with van der Waals surface area (Å²) in [5, 5.41) is 0. The first-order valence-corrected chi connectivity index (χ1v) is 9.20. The highest BCUT2D eigenvalue weighted by Crippen LogP contribution is 2.33. The van der Waals surface area contributed by atoms with Crippen molar-refractivity contribution in [1.29, 1.82) is 0 Å². The van der Waals surface area contributed by atoms with Gasteiger partial charge in [0.05, 0.1) is 12.5 Å². The van der Waals surface area contributed by atoms with Crippen LogP contribution in [0.3, 0.4) is 0 Å². The lowest BCUT2D eigenvalue weighted by atomic mass is 10.1. The van der Waals surface area contributed by atoms with Gasteiger partial charge in [0.2, 0.25) is 11.8 Å². The Balaban J connectivity index is 1.39. The van der Waals surface area contributed by atoms with E-state index < -0.39 is 0 Å². The molecule has 2 aromatic rings. The molecule has 2 amide bonds. The number of amides is 2. The summed E-state index contributed by atoms with van der Waals surface area (Å²) in [6.07, 6.45) is 6.22. The molecule has 0 bridgehead atoms. The number of carbonyl (C=O) groups excluding carboxylic acids is 2. The highest BCUT2D eigenvalue weighted by Gasteiger charge is 2.42. The molecule has 0 unspecified atom stereocenters. The average molecular weight is 352 g/mol. The zero-order valence-electron chi connectivity index (χ0n) is 15.0. The number of aromatic nitrogens is 2. The predicted molar refractivity (Wildman–Crippen MR) is 97.1 cm³/mol. The number of hydrogen-bond acceptors (Lipinski definition) is 3. The van der Waals surface area contributed by atoms with E-state index in [0.29, 0.717) is 25.6 Å². The Morgan fingerprint density at radius 3 is 2.77 bits per heavy atom. The minimum absolute atomic E-state index is 0.0377. The summed E-state index contributed by atoms with van der Waals surface area (Å²) in [6, 6.07) is 10.6. The Labute approximate surface area is 153 Å². The Bertz CT molecular complexity index is 797. The number of nitrogens with zero attached hydrogens (tertiary/aromatic N) is 4. The molecular formula is C20H24N4O2. The van der Waals surface area contributed by atoms with Gasteiger partial charge in [0.1, 0.15) is 5.82 Å². The van der Waals surface area contributed by atoms with Crippen molar-refractivity contribution in [3.05, 3.63) is 54.1 Å². The summed E-state index contributed by atoms with van der Waals surface area (Å²) in [7, 11) is 1.80. The predicted octanol–water partition coefficient (Wildman–Crippen LogP) is 1.90. The van der Waals surface area contributed by atoms with Crippen molar-refractivity contribution < 1.29 is 9.59 Å². The number of benzene rings is 1. The second-order valence-electron chi connectivity index (χ2n) is 7.33. The highest BCUT2D eigenvalue weighted by molar-refractivity contribution is 5.89. The van der Waals surface area contributed by atoms with Crippen LogP contribution in [0.15, 0.2) is 42.7 Å². The third kappa shape index (κ3) is 3.49. The lowest BCUT2D eigenvalue weighted by molar-refractivity contribution is -0.135. The first-order chi connectivity index (χ1) is 12.6. The number of rotatable bonds is 6. The van der Waals surface area contributed by atoms with Gasteiger partial charge >= 0.3 is 0 Å². The summed E-state index contributed by atoms with van der Waals surface area (Å²) in [4.78, 5) is 32.9. The summed E-state index contributed by atoms with van der Waals surface area (Å²) in [5.41, 5.74) is 1.20. The molecule has 1 aromatic heterocycles. The lowest BCUT2D eigenvalue weighted by Gasteiger charge is -2.21. The molecule has 136 valence electrons. The second-order valence-corrected chi connectivity index (χ2v) is 7.33. The Kier molecular flexibility index (Phi) is 4.49. The second kappa shape index (κ2) is 6.94. The molecule has 1 saturated carbocycles. The van der Waals surface area contributed by atoms with E-state index in [1.54, 1.807) is 18.1 Å². The van der Waals surface area contributed by atoms with Crippen LogP contribution in [-0.2, 0) is 22.7 Å². The summed E-state index contributed by atoms with van der Waals surface area (Å²) < 4.78 is 2.06. The van der Waals surface area contributed by atoms with Crippen molar-refractivity contribution in [2.24, 2.45) is 5.92 Å². The molecule has 2 heterocycles. The Morgan fingerprint density at radius 2 is 2.04 bits per heavy atom. The Hall–Kier alpha value is -2.63. The molecule has 1 saturated heterocycles. The quantitative estimate of drug-likeness (QED) is 0.798. The smallest absolute Gasteiger partial charge is 0.228 e. The summed E-state index contributed by atoms with van der Waals surface area (Å²) in [6.45, 7) is 1.76. The molecule has 6 heteroatoms. The van der Waals surface area contributed by atoms with Gasteiger partial charge in [-0.25, -0.2) is 4.98 Å². The van der Waals surface area contributed by atoms with Gasteiger partial charge in [0, 0.05) is 45.0 Å². The molecule has 4 rings (SSSR count). The van der Waals surface area contributed by atoms with Crippen molar-refractivity contribution >= 4 is 11.8 Å². The van der Waals surface area contributed by atoms with E-state index in [2.05, 4.69) is 21.7 Å². The molecule has 0 spiro atoms. The van der Waals surface area contributed by atoms with Gasteiger partial charge < -0.3 is 14.4 Å². The maximum atomic E-state index is 12.8. The van der Waals surface area contributed by atoms with Gasteiger partial charge in [-0.3, -0.25) is 9.59 Å². The molecule has 0 N–H and O–H groups in total. The van der Waals surface area contributed by atoms with Gasteiger partial charge in [-0.2, -0.15) is 0 Å². The van der Waals surface area contributed by atoms with Crippen LogP contribution in [0.2, 0.25) is 0 Å². The van der Waals surface area contributed by atoms with Crippen LogP contribution in [0.5, 0.6) is 0 Å². The zero-order chi connectivity index (χ0) is 18.1. The van der Waals surface area contributed by atoms with Crippen LogP contribution in [0.1, 0.15) is 30.7 Å². The van der Waals surface area contributed by atoms with Crippen LogP contribution in [0.25, 0.3) is 0 Å². The molecule has 2 fully saturated rings. The maximum Gasteiger partial charge on any atom is 0.228 e. The van der Waals surface area contributed by atoms with Crippen molar-refractivity contribution in [2.75, 3.05) is 13.6 Å². The number of likely N-dealkylation sites (tertiary alicyclic amines) is 1. The van der Waals surface area contributed by atoms with Gasteiger partial charge in [-0.05, 0) is 18.4 Å². The monoisotopic (exact) mass is 352 g/mol. The van der Waals surface area contributed by atoms with Crippen LogP contribution < -0.4 is 0 Å². The molecule has 1 atom stereocenters. The number of hydrogen-bond donors (Lipinski definition) is 0. The van der Waals surface area contributed by atoms with Crippen molar-refractivity contribution in [1.82, 2.24) is 19.4 Å². The molecular weight excluding hydrogens is 328 g/mol. The fourth-order valence-corrected chi connectivity index (χ4v) is 3.65. The van der Waals surface area contributed by atoms with Gasteiger partial charge in [-0.1, -0.05) is 30.3 Å². The molecule has 1 aromatic carbocycles. The molecule has 26 heavy (non-hydrogen) atoms. The lowest BCUT2D eigenvalue weighted by Crippen LogP contribution is -2.35. The Morgan fingerprint density at radius 1 is 1.27 bits per heavy atom. The third-order valence-corrected chi connectivity index (χ3v) is 5.25. The maximum absolute atomic E-state index is 12.8. The van der Waals surface area contributed by atoms with E-state index in [1.807, 2.05) is 29.3 Å². The van der Waals surface area contributed by atoms with E-state index in [9.17, 15) is 9.59 Å². The van der Waals surface area contributed by atoms with Crippen LogP contribution >= 0.6 is 0 Å². The topological polar surface area (TPSA) is 58.4 Å². The fourth-order valence-electron chi connectivity index (χ4n) is 3.65. The van der Waals surface area contributed by atoms with Crippen LogP contribution in [-0.4, -0.2) is 50.8 Å². The van der Waals surface area contributed by atoms with Crippen LogP contribution in [0.4, 0.5) is 0 Å². The highest BCUT2D eigenvalue weighted by atomic mass is 16.2. The largest absolute Gasteiger partial charge is 0.339 e. The normalized spacial score (nSPS) is 19.8. The molecule has 0 radical (unpaired) electrons. The van der Waals surface area contributed by atoms with Crippen molar-refractivity contribution in [2.45, 2.75) is 38.4 Å². The van der Waals surface area contributed by atoms with E-state index in [1.165, 1.54) is 5.56 Å². The fraction of sp³-hybridized carbons (Fsp3) is 0.450. The standard InChI is InChI=1S/C20H24N4O2/c1-22(20(26)16-11-19(25)24(13-16)17-7-8-17)14-18-21-9-10-23(18)12-15-5-3-2-4-6-15/h2-6,9-10,16-17H,7-8,11-14H2,1H3/t16-/m0/s1. The molecule has 6 nitrogen and oxygen atoms in total. The number of imidazole rings is 1. The van der Waals surface area contributed by atoms with Gasteiger partial charge in [0.25, 0.3) is 0 Å². The third-order valence-electron chi connectivity index (χ3n) is 5.25. The average Bonchev–Trinajstić information content (AvgIpc) is 3.29. The van der Waals surface area contributed by atoms with Crippen LogP contribution in [0, 0.1) is 5.92 Å². The van der Waals surface area contributed by atoms with Crippen molar-refractivity contribution in [3.63, 3.8) is 0 Å². The molecule has 1 aliphatic carbocycles. The molecule has 2 aliphatic rings. The SMILES string of the molecule is CN(Cc1nccn1Cc1ccccc1)C(=O)[C@H]1CC(=O)N(C2CC2)C1. The number of carbonyl (C=O) groups is 2. The van der Waals surface area contributed by atoms with Crippen molar-refractivity contribution in [3.8, 4) is 0 Å². The van der Waals surface area contributed by atoms with E-state index in [0.717, 1.165) is 25.2 Å². The zero-order valence-corrected chi connectivity index (χ0v) is 15.0. The summed E-state index contributed by atoms with van der Waals surface area (Å²) in [5.74, 6) is 0.805. The summed E-state index contributed by atoms with van der Waals surface area (Å²) >= 11 is 0. The van der Waals surface area contributed by atoms with E-state index in [4.69, 9.17) is 0 Å². The van der Waals surface area contributed by atoms with Gasteiger partial charge in [0.15, 0.2) is 0 Å². The minimum atomic E-state index is -0.217. The van der Waals surface area contributed by atoms with Gasteiger partial charge in [-0.15, -0.1) is 0 Å². The minimum Gasteiger partial charge on any atom is -0.339 e. The first-order valence-electron chi connectivity index (χ1n) is 9.20. The van der Waals surface area contributed by atoms with E-state index >= 15 is 0 Å². The first kappa shape index (κ1) is 16.8. The van der Waals surface area contributed by atoms with E-state index in [-0.39, 0.29) is 17.7 Å².